The number of nitrogens with zero attached hydrogens (tertiary/aromatic N) is 2. The number of carbonyl (C=O) groups excluding carboxylic acids is 2. The third-order valence-corrected chi connectivity index (χ3v) is 3.78. The SMILES string of the molecule is CCOC(=O)N1CCN(C(=O)c2ccc(Br)cc2O)CC1. The van der Waals surface area contributed by atoms with E-state index in [1.165, 1.54) is 6.07 Å². The van der Waals surface area contributed by atoms with E-state index in [-0.39, 0.29) is 23.3 Å². The molecular weight excluding hydrogens is 340 g/mol. The van der Waals surface area contributed by atoms with Crippen LogP contribution in [0.3, 0.4) is 0 Å². The fourth-order valence-electron chi connectivity index (χ4n) is 2.16. The summed E-state index contributed by atoms with van der Waals surface area (Å²) in [6, 6.07) is 4.78. The second-order valence-electron chi connectivity index (χ2n) is 4.64. The van der Waals surface area contributed by atoms with Gasteiger partial charge in [0, 0.05) is 30.7 Å². The lowest BCUT2D eigenvalue weighted by molar-refractivity contribution is 0.0568. The van der Waals surface area contributed by atoms with Gasteiger partial charge < -0.3 is 19.6 Å². The molecule has 1 aliphatic heterocycles. The van der Waals surface area contributed by atoms with Crippen molar-refractivity contribution in [2.24, 2.45) is 0 Å². The van der Waals surface area contributed by atoms with Crippen LogP contribution in [0.4, 0.5) is 4.79 Å². The van der Waals surface area contributed by atoms with Crippen LogP contribution in [0.15, 0.2) is 22.7 Å². The molecule has 0 atom stereocenters. The molecule has 0 radical (unpaired) electrons. The number of amides is 2. The zero-order valence-corrected chi connectivity index (χ0v) is 13.3. The van der Waals surface area contributed by atoms with Crippen LogP contribution in [0.5, 0.6) is 5.75 Å². The Kier molecular flexibility index (Phi) is 5.06. The Hall–Kier alpha value is -1.76. The smallest absolute Gasteiger partial charge is 0.409 e. The lowest BCUT2D eigenvalue weighted by atomic mass is 10.1. The van der Waals surface area contributed by atoms with Gasteiger partial charge in [-0.25, -0.2) is 4.79 Å². The number of piperazine rings is 1. The molecule has 7 heteroatoms. The molecule has 114 valence electrons. The van der Waals surface area contributed by atoms with Gasteiger partial charge in [0.25, 0.3) is 5.91 Å². The van der Waals surface area contributed by atoms with Gasteiger partial charge in [0.2, 0.25) is 0 Å². The molecule has 0 bridgehead atoms. The van der Waals surface area contributed by atoms with Crippen molar-refractivity contribution >= 4 is 27.9 Å². The van der Waals surface area contributed by atoms with Gasteiger partial charge in [-0.3, -0.25) is 4.79 Å². The number of ether oxygens (including phenoxy) is 1. The maximum atomic E-state index is 12.4. The van der Waals surface area contributed by atoms with E-state index < -0.39 is 0 Å². The average molecular weight is 357 g/mol. The Labute approximate surface area is 131 Å². The van der Waals surface area contributed by atoms with Crippen LogP contribution in [0.1, 0.15) is 17.3 Å². The molecule has 6 nitrogen and oxygen atoms in total. The summed E-state index contributed by atoms with van der Waals surface area (Å²) >= 11 is 3.24. The van der Waals surface area contributed by atoms with Crippen molar-refractivity contribution in [1.29, 1.82) is 0 Å². The summed E-state index contributed by atoms with van der Waals surface area (Å²) in [4.78, 5) is 27.1. The second-order valence-corrected chi connectivity index (χ2v) is 5.56. The van der Waals surface area contributed by atoms with Crippen LogP contribution >= 0.6 is 15.9 Å². The Morgan fingerprint density at radius 1 is 1.24 bits per heavy atom. The third kappa shape index (κ3) is 3.66. The minimum atomic E-state index is -0.351. The lowest BCUT2D eigenvalue weighted by Gasteiger charge is -2.34. The van der Waals surface area contributed by atoms with Crippen molar-refractivity contribution in [3.8, 4) is 5.75 Å². The highest BCUT2D eigenvalue weighted by atomic mass is 79.9. The van der Waals surface area contributed by atoms with E-state index in [0.29, 0.717) is 37.3 Å². The van der Waals surface area contributed by atoms with E-state index in [0.717, 1.165) is 0 Å². The monoisotopic (exact) mass is 356 g/mol. The summed E-state index contributed by atoms with van der Waals surface area (Å²) in [5.41, 5.74) is 0.266. The molecule has 1 aliphatic rings. The Bertz CT molecular complexity index is 542. The molecule has 1 saturated heterocycles. The van der Waals surface area contributed by atoms with Crippen molar-refractivity contribution in [3.63, 3.8) is 0 Å². The summed E-state index contributed by atoms with van der Waals surface area (Å²) < 4.78 is 5.64. The van der Waals surface area contributed by atoms with E-state index in [1.807, 2.05) is 0 Å². The van der Waals surface area contributed by atoms with Crippen LogP contribution in [-0.4, -0.2) is 59.7 Å². The molecule has 21 heavy (non-hydrogen) atoms. The van der Waals surface area contributed by atoms with Gasteiger partial charge in [0.1, 0.15) is 5.75 Å². The molecule has 1 aromatic rings. The van der Waals surface area contributed by atoms with E-state index in [2.05, 4.69) is 15.9 Å². The highest BCUT2D eigenvalue weighted by Crippen LogP contribution is 2.24. The minimum Gasteiger partial charge on any atom is -0.507 e. The average Bonchev–Trinajstić information content (AvgIpc) is 2.47. The number of rotatable bonds is 2. The Balaban J connectivity index is 1.98. The first-order chi connectivity index (χ1) is 10.0. The van der Waals surface area contributed by atoms with Gasteiger partial charge in [-0.15, -0.1) is 0 Å². The maximum Gasteiger partial charge on any atom is 0.409 e. The van der Waals surface area contributed by atoms with Gasteiger partial charge in [-0.1, -0.05) is 15.9 Å². The highest BCUT2D eigenvalue weighted by Gasteiger charge is 2.26. The third-order valence-electron chi connectivity index (χ3n) is 3.28. The fraction of sp³-hybridized carbons (Fsp3) is 0.429. The summed E-state index contributed by atoms with van der Waals surface area (Å²) in [6.07, 6.45) is -0.351. The Morgan fingerprint density at radius 2 is 1.86 bits per heavy atom. The summed E-state index contributed by atoms with van der Waals surface area (Å²) in [6.45, 7) is 3.81. The molecule has 1 heterocycles. The number of benzene rings is 1. The standard InChI is InChI=1S/C14H17BrN2O4/c1-2-21-14(20)17-7-5-16(6-8-17)13(19)11-4-3-10(15)9-12(11)18/h3-4,9,18H,2,5-8H2,1H3. The molecule has 1 aromatic carbocycles. The first-order valence-corrected chi connectivity index (χ1v) is 7.51. The number of aromatic hydroxyl groups is 1. The maximum absolute atomic E-state index is 12.4. The number of hydrogen-bond acceptors (Lipinski definition) is 4. The van der Waals surface area contributed by atoms with Crippen LogP contribution in [0, 0.1) is 0 Å². The van der Waals surface area contributed by atoms with Gasteiger partial charge >= 0.3 is 6.09 Å². The molecule has 2 amide bonds. The zero-order chi connectivity index (χ0) is 15.4. The number of phenols is 1. The quantitative estimate of drug-likeness (QED) is 0.880. The van der Waals surface area contributed by atoms with Crippen LogP contribution < -0.4 is 0 Å². The molecule has 2 rings (SSSR count). The van der Waals surface area contributed by atoms with Crippen LogP contribution in [-0.2, 0) is 4.74 Å². The zero-order valence-electron chi connectivity index (χ0n) is 11.7. The first-order valence-electron chi connectivity index (χ1n) is 6.72. The second kappa shape index (κ2) is 6.80. The number of phenolic OH excluding ortho intramolecular Hbond substituents is 1. The minimum absolute atomic E-state index is 0.0535. The summed E-state index contributed by atoms with van der Waals surface area (Å²) in [5, 5.41) is 9.84. The fourth-order valence-corrected chi connectivity index (χ4v) is 2.51. The van der Waals surface area contributed by atoms with Crippen molar-refractivity contribution in [3.05, 3.63) is 28.2 Å². The summed E-state index contributed by atoms with van der Waals surface area (Å²) in [7, 11) is 0. The topological polar surface area (TPSA) is 70.1 Å². The largest absolute Gasteiger partial charge is 0.507 e. The van der Waals surface area contributed by atoms with Crippen LogP contribution in [0.25, 0.3) is 0 Å². The summed E-state index contributed by atoms with van der Waals surface area (Å²) in [5.74, 6) is -0.286. The van der Waals surface area contributed by atoms with Gasteiger partial charge in [-0.2, -0.15) is 0 Å². The van der Waals surface area contributed by atoms with E-state index in [4.69, 9.17) is 4.74 Å². The molecule has 1 fully saturated rings. The molecule has 0 saturated carbocycles. The van der Waals surface area contributed by atoms with Crippen molar-refractivity contribution < 1.29 is 19.4 Å². The van der Waals surface area contributed by atoms with Crippen LogP contribution in [0.2, 0.25) is 0 Å². The number of hydrogen-bond donors (Lipinski definition) is 1. The van der Waals surface area contributed by atoms with Crippen molar-refractivity contribution in [2.45, 2.75) is 6.92 Å². The van der Waals surface area contributed by atoms with Crippen molar-refractivity contribution in [2.75, 3.05) is 32.8 Å². The lowest BCUT2D eigenvalue weighted by Crippen LogP contribution is -2.50. The predicted octanol–water partition coefficient (Wildman–Crippen LogP) is 2.07. The molecule has 0 spiro atoms. The van der Waals surface area contributed by atoms with Gasteiger partial charge in [-0.05, 0) is 25.1 Å². The molecular formula is C14H17BrN2O4. The van der Waals surface area contributed by atoms with E-state index in [9.17, 15) is 14.7 Å². The number of halogens is 1. The van der Waals surface area contributed by atoms with Gasteiger partial charge in [0.05, 0.1) is 12.2 Å². The normalized spacial score (nSPS) is 15.0. The Morgan fingerprint density at radius 3 is 2.43 bits per heavy atom. The predicted molar refractivity (Wildman–Crippen MR) is 80.3 cm³/mol. The molecule has 1 N–H and O–H groups in total. The molecule has 0 unspecified atom stereocenters. The first kappa shape index (κ1) is 15.6. The highest BCUT2D eigenvalue weighted by molar-refractivity contribution is 9.10. The number of carbonyl (C=O) groups is 2. The van der Waals surface area contributed by atoms with E-state index in [1.54, 1.807) is 28.9 Å². The van der Waals surface area contributed by atoms with Crippen molar-refractivity contribution in [1.82, 2.24) is 9.80 Å². The van der Waals surface area contributed by atoms with Gasteiger partial charge in [0.15, 0.2) is 0 Å². The van der Waals surface area contributed by atoms with E-state index >= 15 is 0 Å². The molecule has 0 aliphatic carbocycles. The molecule has 0 aromatic heterocycles.